The van der Waals surface area contributed by atoms with Gasteiger partial charge in [0.05, 0.1) is 0 Å². The molecular weight excluding hydrogens is 176 g/mol. The van der Waals surface area contributed by atoms with E-state index in [0.717, 1.165) is 26.2 Å². The van der Waals surface area contributed by atoms with Gasteiger partial charge in [0, 0.05) is 13.7 Å². The monoisotopic (exact) mass is 202 g/mol. The summed E-state index contributed by atoms with van der Waals surface area (Å²) in [5, 5.41) is 3.44. The summed E-state index contributed by atoms with van der Waals surface area (Å²) in [5.74, 6) is 1.82. The first-order valence-electron chi connectivity index (χ1n) is 5.51. The van der Waals surface area contributed by atoms with E-state index >= 15 is 0 Å². The van der Waals surface area contributed by atoms with Crippen LogP contribution in [0.2, 0.25) is 0 Å². The molecule has 0 amide bonds. The molecule has 3 N–H and O–H groups in total. The van der Waals surface area contributed by atoms with Gasteiger partial charge in [0.15, 0.2) is 0 Å². The molecule has 0 bridgehead atoms. The summed E-state index contributed by atoms with van der Waals surface area (Å²) < 4.78 is 5.07. The molecule has 0 rings (SSSR count). The molecule has 3 heteroatoms. The van der Waals surface area contributed by atoms with Crippen LogP contribution in [-0.2, 0) is 4.74 Å². The fraction of sp³-hybridized carbons (Fsp3) is 1.00. The lowest BCUT2D eigenvalue weighted by Gasteiger charge is -2.20. The minimum absolute atomic E-state index is 0.575. The molecule has 0 aromatic rings. The van der Waals surface area contributed by atoms with E-state index in [1.54, 1.807) is 7.11 Å². The van der Waals surface area contributed by atoms with Crippen LogP contribution in [0.5, 0.6) is 0 Å². The molecule has 2 atom stereocenters. The normalized spacial score (nSPS) is 15.9. The van der Waals surface area contributed by atoms with Crippen LogP contribution in [-0.4, -0.2) is 33.4 Å². The van der Waals surface area contributed by atoms with E-state index in [1.807, 2.05) is 0 Å². The molecule has 3 nitrogen and oxygen atoms in total. The molecule has 0 heterocycles. The number of rotatable bonds is 8. The lowest BCUT2D eigenvalue weighted by Crippen LogP contribution is -2.34. The van der Waals surface area contributed by atoms with E-state index in [2.05, 4.69) is 26.1 Å². The van der Waals surface area contributed by atoms with Crippen LogP contribution in [0.1, 0.15) is 20.8 Å². The summed E-state index contributed by atoms with van der Waals surface area (Å²) in [7, 11) is 1.74. The number of nitrogens with one attached hydrogen (secondary N) is 1. The maximum Gasteiger partial charge on any atom is 0.0499 e. The third-order valence-corrected chi connectivity index (χ3v) is 2.60. The SMILES string of the molecule is COCC(C)CNCC(CN)C(C)C. The first kappa shape index (κ1) is 13.9. The summed E-state index contributed by atoms with van der Waals surface area (Å²) in [6.45, 7) is 10.2. The predicted octanol–water partition coefficient (Wildman–Crippen LogP) is 1.09. The van der Waals surface area contributed by atoms with Gasteiger partial charge in [0.25, 0.3) is 0 Å². The zero-order chi connectivity index (χ0) is 11.0. The Morgan fingerprint density at radius 3 is 2.29 bits per heavy atom. The van der Waals surface area contributed by atoms with Gasteiger partial charge in [-0.1, -0.05) is 20.8 Å². The van der Waals surface area contributed by atoms with Crippen molar-refractivity contribution in [2.75, 3.05) is 33.4 Å². The molecule has 0 saturated carbocycles. The quantitative estimate of drug-likeness (QED) is 0.619. The largest absolute Gasteiger partial charge is 0.384 e. The lowest BCUT2D eigenvalue weighted by atomic mass is 9.96. The third-order valence-electron chi connectivity index (χ3n) is 2.60. The maximum atomic E-state index is 5.68. The van der Waals surface area contributed by atoms with Crippen molar-refractivity contribution in [1.82, 2.24) is 5.32 Å². The van der Waals surface area contributed by atoms with E-state index in [9.17, 15) is 0 Å². The van der Waals surface area contributed by atoms with Gasteiger partial charge in [-0.3, -0.25) is 0 Å². The van der Waals surface area contributed by atoms with Gasteiger partial charge in [0.2, 0.25) is 0 Å². The van der Waals surface area contributed by atoms with Crippen molar-refractivity contribution in [2.45, 2.75) is 20.8 Å². The van der Waals surface area contributed by atoms with Crippen molar-refractivity contribution >= 4 is 0 Å². The van der Waals surface area contributed by atoms with Gasteiger partial charge >= 0.3 is 0 Å². The topological polar surface area (TPSA) is 47.3 Å². The van der Waals surface area contributed by atoms with Gasteiger partial charge < -0.3 is 15.8 Å². The Morgan fingerprint density at radius 1 is 1.21 bits per heavy atom. The zero-order valence-electron chi connectivity index (χ0n) is 10.0. The van der Waals surface area contributed by atoms with Crippen LogP contribution in [0.15, 0.2) is 0 Å². The molecule has 0 saturated heterocycles. The summed E-state index contributed by atoms with van der Waals surface area (Å²) in [6, 6.07) is 0. The number of methoxy groups -OCH3 is 1. The molecule has 0 aliphatic carbocycles. The maximum absolute atomic E-state index is 5.68. The van der Waals surface area contributed by atoms with E-state index < -0.39 is 0 Å². The molecule has 0 aromatic carbocycles. The van der Waals surface area contributed by atoms with Crippen LogP contribution in [0.4, 0.5) is 0 Å². The standard InChI is InChI=1S/C11H26N2O/c1-9(2)11(5-12)7-13-6-10(3)8-14-4/h9-11,13H,5-8,12H2,1-4H3. The molecule has 0 radical (unpaired) electrons. The average Bonchev–Trinajstić information content (AvgIpc) is 2.12. The van der Waals surface area contributed by atoms with Crippen molar-refractivity contribution in [3.8, 4) is 0 Å². The fourth-order valence-electron chi connectivity index (χ4n) is 1.45. The van der Waals surface area contributed by atoms with Crippen LogP contribution in [0.25, 0.3) is 0 Å². The molecule has 0 aliphatic rings. The highest BCUT2D eigenvalue weighted by Gasteiger charge is 2.11. The number of hydrogen-bond donors (Lipinski definition) is 2. The highest BCUT2D eigenvalue weighted by Crippen LogP contribution is 2.07. The Kier molecular flexibility index (Phi) is 8.14. The van der Waals surface area contributed by atoms with Crippen LogP contribution >= 0.6 is 0 Å². The highest BCUT2D eigenvalue weighted by atomic mass is 16.5. The van der Waals surface area contributed by atoms with E-state index in [-0.39, 0.29) is 0 Å². The average molecular weight is 202 g/mol. The van der Waals surface area contributed by atoms with Crippen molar-refractivity contribution < 1.29 is 4.74 Å². The number of ether oxygens (including phenoxy) is 1. The van der Waals surface area contributed by atoms with Gasteiger partial charge in [-0.05, 0) is 37.4 Å². The van der Waals surface area contributed by atoms with Crippen LogP contribution in [0, 0.1) is 17.8 Å². The third kappa shape index (κ3) is 6.35. The lowest BCUT2D eigenvalue weighted by molar-refractivity contribution is 0.157. The molecule has 0 spiro atoms. The molecule has 86 valence electrons. The summed E-state index contributed by atoms with van der Waals surface area (Å²) in [5.41, 5.74) is 5.68. The number of nitrogens with two attached hydrogens (primary N) is 1. The van der Waals surface area contributed by atoms with Gasteiger partial charge in [-0.2, -0.15) is 0 Å². The zero-order valence-corrected chi connectivity index (χ0v) is 10.0. The molecule has 0 aliphatic heterocycles. The minimum Gasteiger partial charge on any atom is -0.384 e. The number of hydrogen-bond acceptors (Lipinski definition) is 3. The van der Waals surface area contributed by atoms with E-state index in [1.165, 1.54) is 0 Å². The molecule has 14 heavy (non-hydrogen) atoms. The minimum atomic E-state index is 0.575. The van der Waals surface area contributed by atoms with Crippen molar-refractivity contribution in [3.63, 3.8) is 0 Å². The van der Waals surface area contributed by atoms with Crippen LogP contribution < -0.4 is 11.1 Å². The Balaban J connectivity index is 3.50. The highest BCUT2D eigenvalue weighted by molar-refractivity contribution is 4.67. The molecular formula is C11H26N2O. The predicted molar refractivity (Wildman–Crippen MR) is 61.3 cm³/mol. The van der Waals surface area contributed by atoms with Gasteiger partial charge in [-0.25, -0.2) is 0 Å². The van der Waals surface area contributed by atoms with Gasteiger partial charge in [0.1, 0.15) is 0 Å². The first-order valence-corrected chi connectivity index (χ1v) is 5.51. The molecule has 2 unspecified atom stereocenters. The van der Waals surface area contributed by atoms with Crippen LogP contribution in [0.3, 0.4) is 0 Å². The second kappa shape index (κ2) is 8.21. The van der Waals surface area contributed by atoms with E-state index in [4.69, 9.17) is 10.5 Å². The van der Waals surface area contributed by atoms with Crippen molar-refractivity contribution in [1.29, 1.82) is 0 Å². The van der Waals surface area contributed by atoms with E-state index in [0.29, 0.717) is 17.8 Å². The Labute approximate surface area is 88.4 Å². The van der Waals surface area contributed by atoms with Gasteiger partial charge in [-0.15, -0.1) is 0 Å². The Morgan fingerprint density at radius 2 is 1.86 bits per heavy atom. The first-order chi connectivity index (χ1) is 6.61. The van der Waals surface area contributed by atoms with Crippen molar-refractivity contribution in [2.24, 2.45) is 23.5 Å². The molecule has 0 aromatic heterocycles. The summed E-state index contributed by atoms with van der Waals surface area (Å²) in [4.78, 5) is 0. The summed E-state index contributed by atoms with van der Waals surface area (Å²) in [6.07, 6.45) is 0. The Hall–Kier alpha value is -0.120. The molecule has 0 fully saturated rings. The fourth-order valence-corrected chi connectivity index (χ4v) is 1.45. The second-order valence-corrected chi connectivity index (χ2v) is 4.46. The second-order valence-electron chi connectivity index (χ2n) is 4.46. The smallest absolute Gasteiger partial charge is 0.0499 e. The summed E-state index contributed by atoms with van der Waals surface area (Å²) >= 11 is 0. The van der Waals surface area contributed by atoms with Crippen molar-refractivity contribution in [3.05, 3.63) is 0 Å². The Bertz CT molecular complexity index is 128.